The molecule has 3 nitrogen and oxygen atoms in total. The fraction of sp³-hybridized carbons (Fsp3) is 0.188. The van der Waals surface area contributed by atoms with E-state index in [1.54, 1.807) is 55.3 Å². The second-order valence-corrected chi connectivity index (χ2v) is 4.57. The van der Waals surface area contributed by atoms with Crippen LogP contribution in [0.15, 0.2) is 42.5 Å². The lowest BCUT2D eigenvalue weighted by Crippen LogP contribution is -2.14. The van der Waals surface area contributed by atoms with E-state index in [4.69, 9.17) is 5.26 Å². The van der Waals surface area contributed by atoms with E-state index in [-0.39, 0.29) is 0 Å². The van der Waals surface area contributed by atoms with Gasteiger partial charge in [-0.3, -0.25) is 0 Å². The minimum atomic E-state index is -0.762. The third-order valence-electron chi connectivity index (χ3n) is 3.19. The van der Waals surface area contributed by atoms with E-state index in [0.717, 1.165) is 5.69 Å². The third kappa shape index (κ3) is 2.63. The summed E-state index contributed by atoms with van der Waals surface area (Å²) in [5.74, 6) is -0.393. The number of para-hydroxylation sites is 1. The van der Waals surface area contributed by atoms with E-state index in [1.165, 1.54) is 6.07 Å². The Morgan fingerprint density at radius 1 is 1.20 bits per heavy atom. The predicted molar refractivity (Wildman–Crippen MR) is 76.3 cm³/mol. The van der Waals surface area contributed by atoms with Crippen LogP contribution in [0.5, 0.6) is 0 Å². The molecule has 0 fully saturated rings. The van der Waals surface area contributed by atoms with Crippen LogP contribution < -0.4 is 4.90 Å². The van der Waals surface area contributed by atoms with Gasteiger partial charge in [0, 0.05) is 18.3 Å². The fourth-order valence-electron chi connectivity index (χ4n) is 2.11. The molecule has 0 spiro atoms. The van der Waals surface area contributed by atoms with Crippen LogP contribution in [0.25, 0.3) is 0 Å². The maximum Gasteiger partial charge on any atom is 0.147 e. The smallest absolute Gasteiger partial charge is 0.147 e. The van der Waals surface area contributed by atoms with E-state index < -0.39 is 11.9 Å². The number of nitriles is 1. The molecule has 0 radical (unpaired) electrons. The van der Waals surface area contributed by atoms with Crippen molar-refractivity contribution in [2.24, 2.45) is 0 Å². The Labute approximate surface area is 117 Å². The largest absolute Gasteiger partial charge is 0.389 e. The van der Waals surface area contributed by atoms with Gasteiger partial charge in [0.05, 0.1) is 23.4 Å². The molecular weight excluding hydrogens is 255 g/mol. The lowest BCUT2D eigenvalue weighted by molar-refractivity contribution is 0.199. The summed E-state index contributed by atoms with van der Waals surface area (Å²) < 4.78 is 14.1. The SMILES string of the molecule is C[C@@H](O)c1cccc(F)c1N(C)c1ccc(C#N)cc1. The van der Waals surface area contributed by atoms with Gasteiger partial charge in [-0.25, -0.2) is 4.39 Å². The summed E-state index contributed by atoms with van der Waals surface area (Å²) in [5, 5.41) is 18.6. The molecule has 0 unspecified atom stereocenters. The Bertz CT molecular complexity index is 645. The van der Waals surface area contributed by atoms with Gasteiger partial charge < -0.3 is 10.0 Å². The van der Waals surface area contributed by atoms with E-state index >= 15 is 0 Å². The summed E-state index contributed by atoms with van der Waals surface area (Å²) in [4.78, 5) is 1.67. The number of hydrogen-bond acceptors (Lipinski definition) is 3. The van der Waals surface area contributed by atoms with Gasteiger partial charge in [0.2, 0.25) is 0 Å². The van der Waals surface area contributed by atoms with Gasteiger partial charge >= 0.3 is 0 Å². The predicted octanol–water partition coefficient (Wildman–Crippen LogP) is 3.52. The van der Waals surface area contributed by atoms with Crippen molar-refractivity contribution < 1.29 is 9.50 Å². The highest BCUT2D eigenvalue weighted by molar-refractivity contribution is 5.67. The van der Waals surface area contributed by atoms with Crippen molar-refractivity contribution in [2.75, 3.05) is 11.9 Å². The minimum absolute atomic E-state index is 0.340. The Morgan fingerprint density at radius 3 is 2.40 bits per heavy atom. The van der Waals surface area contributed by atoms with Crippen LogP contribution in [0.3, 0.4) is 0 Å². The van der Waals surface area contributed by atoms with Crippen LogP contribution in [-0.2, 0) is 0 Å². The van der Waals surface area contributed by atoms with Crippen molar-refractivity contribution in [2.45, 2.75) is 13.0 Å². The van der Waals surface area contributed by atoms with Gasteiger partial charge in [-0.15, -0.1) is 0 Å². The molecule has 102 valence electrons. The first-order valence-corrected chi connectivity index (χ1v) is 6.25. The molecule has 0 saturated heterocycles. The fourth-order valence-corrected chi connectivity index (χ4v) is 2.11. The van der Waals surface area contributed by atoms with Crippen molar-refractivity contribution in [3.63, 3.8) is 0 Å². The highest BCUT2D eigenvalue weighted by Gasteiger charge is 2.17. The zero-order valence-corrected chi connectivity index (χ0v) is 11.3. The number of halogens is 1. The summed E-state index contributed by atoms with van der Waals surface area (Å²) in [7, 11) is 1.73. The summed E-state index contributed by atoms with van der Waals surface area (Å²) in [5.41, 5.74) is 2.16. The molecule has 0 bridgehead atoms. The molecule has 1 N–H and O–H groups in total. The first-order chi connectivity index (χ1) is 9.54. The van der Waals surface area contributed by atoms with Crippen molar-refractivity contribution in [1.82, 2.24) is 0 Å². The molecule has 0 amide bonds. The van der Waals surface area contributed by atoms with Crippen LogP contribution in [-0.4, -0.2) is 12.2 Å². The molecule has 0 aliphatic heterocycles. The highest BCUT2D eigenvalue weighted by Crippen LogP contribution is 2.33. The lowest BCUT2D eigenvalue weighted by atomic mass is 10.1. The number of aliphatic hydroxyl groups excluding tert-OH is 1. The van der Waals surface area contributed by atoms with Gasteiger partial charge in [-0.05, 0) is 37.3 Å². The standard InChI is InChI=1S/C16H15FN2O/c1-11(20)14-4-3-5-15(17)16(14)19(2)13-8-6-12(10-18)7-9-13/h3-9,11,20H,1-2H3/t11-/m1/s1. The number of rotatable bonds is 3. The second-order valence-electron chi connectivity index (χ2n) is 4.57. The molecule has 0 saturated carbocycles. The van der Waals surface area contributed by atoms with Crippen LogP contribution in [0.4, 0.5) is 15.8 Å². The number of anilines is 2. The van der Waals surface area contributed by atoms with Gasteiger partial charge in [-0.2, -0.15) is 5.26 Å². The average Bonchev–Trinajstić information content (AvgIpc) is 2.46. The van der Waals surface area contributed by atoms with Crippen molar-refractivity contribution in [3.8, 4) is 6.07 Å². The Kier molecular flexibility index (Phi) is 4.02. The van der Waals surface area contributed by atoms with E-state index in [1.807, 2.05) is 6.07 Å². The van der Waals surface area contributed by atoms with E-state index in [9.17, 15) is 9.50 Å². The number of hydrogen-bond donors (Lipinski definition) is 1. The molecule has 0 heterocycles. The summed E-state index contributed by atoms with van der Waals surface area (Å²) >= 11 is 0. The van der Waals surface area contributed by atoms with Crippen LogP contribution in [0.2, 0.25) is 0 Å². The molecule has 1 atom stereocenters. The maximum atomic E-state index is 14.1. The molecule has 2 rings (SSSR count). The number of aliphatic hydroxyl groups is 1. The molecule has 20 heavy (non-hydrogen) atoms. The molecule has 2 aromatic carbocycles. The summed E-state index contributed by atoms with van der Waals surface area (Å²) in [6.07, 6.45) is -0.762. The zero-order chi connectivity index (χ0) is 14.7. The molecule has 0 aliphatic rings. The van der Waals surface area contributed by atoms with Crippen molar-refractivity contribution >= 4 is 11.4 Å². The monoisotopic (exact) mass is 270 g/mol. The average molecular weight is 270 g/mol. The molecule has 2 aromatic rings. The minimum Gasteiger partial charge on any atom is -0.389 e. The zero-order valence-electron chi connectivity index (χ0n) is 11.3. The van der Waals surface area contributed by atoms with Gasteiger partial charge in [-0.1, -0.05) is 12.1 Å². The maximum absolute atomic E-state index is 14.1. The van der Waals surface area contributed by atoms with Crippen LogP contribution in [0, 0.1) is 17.1 Å². The second kappa shape index (κ2) is 5.72. The number of benzene rings is 2. The van der Waals surface area contributed by atoms with Gasteiger partial charge in [0.1, 0.15) is 5.82 Å². The Hall–Kier alpha value is -2.38. The highest BCUT2D eigenvalue weighted by atomic mass is 19.1. The van der Waals surface area contributed by atoms with Crippen LogP contribution >= 0.6 is 0 Å². The molecule has 0 aliphatic carbocycles. The van der Waals surface area contributed by atoms with Crippen molar-refractivity contribution in [1.29, 1.82) is 5.26 Å². The van der Waals surface area contributed by atoms with E-state index in [2.05, 4.69) is 0 Å². The quantitative estimate of drug-likeness (QED) is 0.928. The molecular formula is C16H15FN2O. The van der Waals surface area contributed by atoms with E-state index in [0.29, 0.717) is 16.8 Å². The Morgan fingerprint density at radius 2 is 1.85 bits per heavy atom. The molecule has 0 aromatic heterocycles. The Balaban J connectivity index is 2.47. The summed E-state index contributed by atoms with van der Waals surface area (Å²) in [6, 6.07) is 13.5. The van der Waals surface area contributed by atoms with Crippen molar-refractivity contribution in [3.05, 3.63) is 59.4 Å². The molecule has 4 heteroatoms. The third-order valence-corrected chi connectivity index (χ3v) is 3.19. The first-order valence-electron chi connectivity index (χ1n) is 6.25. The summed E-state index contributed by atoms with van der Waals surface area (Å²) in [6.45, 7) is 1.60. The lowest BCUT2D eigenvalue weighted by Gasteiger charge is -2.24. The normalized spacial score (nSPS) is 11.8. The van der Waals surface area contributed by atoms with Gasteiger partial charge in [0.25, 0.3) is 0 Å². The van der Waals surface area contributed by atoms with Crippen LogP contribution in [0.1, 0.15) is 24.2 Å². The van der Waals surface area contributed by atoms with Gasteiger partial charge in [0.15, 0.2) is 0 Å². The first kappa shape index (κ1) is 14.0. The number of nitrogens with zero attached hydrogens (tertiary/aromatic N) is 2. The topological polar surface area (TPSA) is 47.3 Å².